The van der Waals surface area contributed by atoms with Gasteiger partial charge in [-0.3, -0.25) is 14.9 Å². The standard InChI is InChI=1S/C15H13ClF3N5O2/c1-7-20-14-22-13(26)8(6-24(14)23-7)4-12(25)21-9-2-3-11(16)10(5-9)15(17,18)19/h2-3,5,8H,4,6H2,1H3,(H,21,25)(H,20,22,23,26)/t8-/m1/s1. The van der Waals surface area contributed by atoms with E-state index in [2.05, 4.69) is 20.7 Å². The molecule has 138 valence electrons. The Labute approximate surface area is 150 Å². The second-order valence-electron chi connectivity index (χ2n) is 5.80. The van der Waals surface area contributed by atoms with Crippen molar-refractivity contribution >= 4 is 35.1 Å². The van der Waals surface area contributed by atoms with E-state index in [9.17, 15) is 22.8 Å². The molecule has 0 bridgehead atoms. The fourth-order valence-corrected chi connectivity index (χ4v) is 2.82. The van der Waals surface area contributed by atoms with Crippen molar-refractivity contribution in [2.45, 2.75) is 26.1 Å². The summed E-state index contributed by atoms with van der Waals surface area (Å²) in [4.78, 5) is 28.2. The molecular weight excluding hydrogens is 375 g/mol. The molecule has 3 rings (SSSR count). The number of fused-ring (bicyclic) bond motifs is 1. The summed E-state index contributed by atoms with van der Waals surface area (Å²) in [5.41, 5.74) is -1.10. The Morgan fingerprint density at radius 3 is 2.88 bits per heavy atom. The number of carbonyl (C=O) groups excluding carboxylic acids is 2. The molecule has 1 aliphatic rings. The predicted octanol–water partition coefficient (Wildman–Crippen LogP) is 2.86. The van der Waals surface area contributed by atoms with Crippen molar-refractivity contribution in [2.75, 3.05) is 10.6 Å². The number of hydrogen-bond donors (Lipinski definition) is 2. The summed E-state index contributed by atoms with van der Waals surface area (Å²) in [7, 11) is 0. The zero-order valence-electron chi connectivity index (χ0n) is 13.4. The number of hydrogen-bond acceptors (Lipinski definition) is 4. The van der Waals surface area contributed by atoms with E-state index in [-0.39, 0.29) is 18.7 Å². The molecule has 0 saturated carbocycles. The second-order valence-corrected chi connectivity index (χ2v) is 6.20. The van der Waals surface area contributed by atoms with Crippen molar-refractivity contribution < 1.29 is 22.8 Å². The maximum Gasteiger partial charge on any atom is 0.417 e. The van der Waals surface area contributed by atoms with Gasteiger partial charge in [0.1, 0.15) is 5.82 Å². The van der Waals surface area contributed by atoms with Crippen LogP contribution in [0.25, 0.3) is 0 Å². The first kappa shape index (κ1) is 18.2. The van der Waals surface area contributed by atoms with Crippen LogP contribution < -0.4 is 10.6 Å². The molecular formula is C15H13ClF3N5O2. The van der Waals surface area contributed by atoms with Crippen LogP contribution in [0.3, 0.4) is 0 Å². The van der Waals surface area contributed by atoms with E-state index in [1.807, 2.05) is 0 Å². The number of amides is 2. The van der Waals surface area contributed by atoms with E-state index in [0.29, 0.717) is 11.8 Å². The lowest BCUT2D eigenvalue weighted by Gasteiger charge is -2.21. The van der Waals surface area contributed by atoms with E-state index >= 15 is 0 Å². The molecule has 0 aliphatic carbocycles. The molecule has 11 heteroatoms. The van der Waals surface area contributed by atoms with Gasteiger partial charge in [-0.05, 0) is 25.1 Å². The van der Waals surface area contributed by atoms with Gasteiger partial charge in [-0.25, -0.2) is 4.68 Å². The second kappa shape index (κ2) is 6.60. The smallest absolute Gasteiger partial charge is 0.326 e. The lowest BCUT2D eigenvalue weighted by molar-refractivity contribution is -0.137. The van der Waals surface area contributed by atoms with Crippen molar-refractivity contribution in [3.63, 3.8) is 0 Å². The van der Waals surface area contributed by atoms with E-state index < -0.39 is 34.5 Å². The van der Waals surface area contributed by atoms with Gasteiger partial charge >= 0.3 is 6.18 Å². The van der Waals surface area contributed by atoms with Crippen molar-refractivity contribution in [1.29, 1.82) is 0 Å². The maximum absolute atomic E-state index is 12.9. The van der Waals surface area contributed by atoms with Gasteiger partial charge in [0.05, 0.1) is 23.0 Å². The Morgan fingerprint density at radius 1 is 1.46 bits per heavy atom. The quantitative estimate of drug-likeness (QED) is 0.847. The highest BCUT2D eigenvalue weighted by Crippen LogP contribution is 2.36. The van der Waals surface area contributed by atoms with Gasteiger partial charge in [-0.15, -0.1) is 0 Å². The molecule has 1 atom stereocenters. The number of nitrogens with one attached hydrogen (secondary N) is 2. The van der Waals surface area contributed by atoms with Crippen LogP contribution in [0.5, 0.6) is 0 Å². The summed E-state index contributed by atoms with van der Waals surface area (Å²) in [6.07, 6.45) is -4.85. The topological polar surface area (TPSA) is 88.9 Å². The van der Waals surface area contributed by atoms with Gasteiger partial charge in [-0.2, -0.15) is 23.3 Å². The van der Waals surface area contributed by atoms with E-state index in [1.165, 1.54) is 10.7 Å². The summed E-state index contributed by atoms with van der Waals surface area (Å²) in [6.45, 7) is 1.82. The third kappa shape index (κ3) is 3.79. The average molecular weight is 388 g/mol. The first-order chi connectivity index (χ1) is 12.1. The number of benzene rings is 1. The van der Waals surface area contributed by atoms with Crippen LogP contribution in [-0.2, 0) is 22.3 Å². The Kier molecular flexibility index (Phi) is 4.61. The number of aryl methyl sites for hydroxylation is 1. The molecule has 0 spiro atoms. The normalized spacial score (nSPS) is 16.8. The van der Waals surface area contributed by atoms with Gasteiger partial charge in [0.2, 0.25) is 17.8 Å². The molecule has 7 nitrogen and oxygen atoms in total. The van der Waals surface area contributed by atoms with Crippen molar-refractivity contribution in [1.82, 2.24) is 14.8 Å². The lowest BCUT2D eigenvalue weighted by atomic mass is 10.0. The van der Waals surface area contributed by atoms with Crippen LogP contribution in [-0.4, -0.2) is 26.6 Å². The largest absolute Gasteiger partial charge is 0.417 e. The Morgan fingerprint density at radius 2 is 2.19 bits per heavy atom. The Hall–Kier alpha value is -2.62. The zero-order valence-corrected chi connectivity index (χ0v) is 14.1. The number of rotatable bonds is 3. The van der Waals surface area contributed by atoms with Crippen LogP contribution in [0.4, 0.5) is 24.8 Å². The molecule has 1 aromatic carbocycles. The molecule has 0 fully saturated rings. The summed E-state index contributed by atoms with van der Waals surface area (Å²) in [5.74, 6) is -0.922. The molecule has 0 unspecified atom stereocenters. The first-order valence-electron chi connectivity index (χ1n) is 7.52. The third-order valence-corrected chi connectivity index (χ3v) is 4.09. The van der Waals surface area contributed by atoms with Gasteiger partial charge < -0.3 is 5.32 Å². The molecule has 1 aromatic heterocycles. The molecule has 0 saturated heterocycles. The maximum atomic E-state index is 12.9. The fourth-order valence-electron chi connectivity index (χ4n) is 2.59. The SMILES string of the molecule is Cc1nc2n(n1)C[C@@H](CC(=O)Nc1ccc(Cl)c(C(F)(F)F)c1)C(=O)N2. The third-order valence-electron chi connectivity index (χ3n) is 3.76. The predicted molar refractivity (Wildman–Crippen MR) is 86.6 cm³/mol. The van der Waals surface area contributed by atoms with E-state index in [1.54, 1.807) is 6.92 Å². The number of nitrogens with zero attached hydrogens (tertiary/aromatic N) is 3. The first-order valence-corrected chi connectivity index (χ1v) is 7.90. The van der Waals surface area contributed by atoms with Gasteiger partial charge in [-0.1, -0.05) is 11.6 Å². The van der Waals surface area contributed by atoms with Gasteiger partial charge in [0.15, 0.2) is 0 Å². The van der Waals surface area contributed by atoms with Crippen molar-refractivity contribution in [3.8, 4) is 0 Å². The van der Waals surface area contributed by atoms with Crippen LogP contribution in [0.1, 0.15) is 17.8 Å². The average Bonchev–Trinajstić information content (AvgIpc) is 2.87. The van der Waals surface area contributed by atoms with Crippen LogP contribution >= 0.6 is 11.6 Å². The Bertz CT molecular complexity index is 881. The van der Waals surface area contributed by atoms with Gasteiger partial charge in [0, 0.05) is 12.1 Å². The molecule has 26 heavy (non-hydrogen) atoms. The minimum absolute atomic E-state index is 0.0553. The highest BCUT2D eigenvalue weighted by Gasteiger charge is 2.34. The van der Waals surface area contributed by atoms with Crippen molar-refractivity contribution in [3.05, 3.63) is 34.6 Å². The van der Waals surface area contributed by atoms with Crippen LogP contribution in [0, 0.1) is 12.8 Å². The lowest BCUT2D eigenvalue weighted by Crippen LogP contribution is -2.36. The Balaban J connectivity index is 1.69. The van der Waals surface area contributed by atoms with Crippen LogP contribution in [0.15, 0.2) is 18.2 Å². The summed E-state index contributed by atoms with van der Waals surface area (Å²) < 4.78 is 40.1. The molecule has 0 radical (unpaired) electrons. The summed E-state index contributed by atoms with van der Waals surface area (Å²) in [5, 5.41) is 8.53. The highest BCUT2D eigenvalue weighted by atomic mass is 35.5. The zero-order chi connectivity index (χ0) is 19.1. The van der Waals surface area contributed by atoms with E-state index in [4.69, 9.17) is 11.6 Å². The molecule has 2 heterocycles. The molecule has 2 aromatic rings. The number of carbonyl (C=O) groups is 2. The summed E-state index contributed by atoms with van der Waals surface area (Å²) in [6, 6.07) is 3.06. The monoisotopic (exact) mass is 387 g/mol. The minimum Gasteiger partial charge on any atom is -0.326 e. The number of halogens is 4. The van der Waals surface area contributed by atoms with E-state index in [0.717, 1.165) is 12.1 Å². The minimum atomic E-state index is -4.64. The summed E-state index contributed by atoms with van der Waals surface area (Å²) >= 11 is 5.54. The highest BCUT2D eigenvalue weighted by molar-refractivity contribution is 6.31. The van der Waals surface area contributed by atoms with Gasteiger partial charge in [0.25, 0.3) is 0 Å². The number of alkyl halides is 3. The molecule has 2 N–H and O–H groups in total. The number of aromatic nitrogens is 3. The van der Waals surface area contributed by atoms with Crippen LogP contribution in [0.2, 0.25) is 5.02 Å². The molecule has 1 aliphatic heterocycles. The van der Waals surface area contributed by atoms with Crippen molar-refractivity contribution in [2.24, 2.45) is 5.92 Å². The molecule has 2 amide bonds. The fraction of sp³-hybridized carbons (Fsp3) is 0.333. The number of anilines is 2.